The third-order valence-electron chi connectivity index (χ3n) is 3.27. The Morgan fingerprint density at radius 3 is 2.68 bits per heavy atom. The molecule has 102 valence electrons. The van der Waals surface area contributed by atoms with Gasteiger partial charge in [0.1, 0.15) is 0 Å². The fraction of sp³-hybridized carbons (Fsp3) is 0.429. The maximum atomic E-state index is 12.3. The molecule has 0 aliphatic heterocycles. The van der Waals surface area contributed by atoms with Crippen LogP contribution in [0, 0.1) is 12.8 Å². The van der Waals surface area contributed by atoms with Crippen molar-refractivity contribution < 1.29 is 14.7 Å². The lowest BCUT2D eigenvalue weighted by Crippen LogP contribution is -2.34. The number of carboxylic acid groups (broad SMARTS) is 1. The summed E-state index contributed by atoms with van der Waals surface area (Å²) in [5.74, 6) is -0.855. The van der Waals surface area contributed by atoms with Gasteiger partial charge in [-0.25, -0.2) is 0 Å². The zero-order valence-corrected chi connectivity index (χ0v) is 11.5. The fourth-order valence-electron chi connectivity index (χ4n) is 2.00. The molecule has 0 unspecified atom stereocenters. The van der Waals surface area contributed by atoms with Crippen LogP contribution in [0.15, 0.2) is 18.2 Å². The summed E-state index contributed by atoms with van der Waals surface area (Å²) in [5, 5.41) is 9.39. The number of benzene rings is 1. The quantitative estimate of drug-likeness (QED) is 0.903. The molecule has 0 heterocycles. The molecule has 0 bridgehead atoms. The number of carboxylic acids is 1. The average Bonchev–Trinajstić information content (AvgIpc) is 3.18. The summed E-state index contributed by atoms with van der Waals surface area (Å²) in [6, 6.07) is 5.35. The maximum absolute atomic E-state index is 12.3. The second-order valence-electron chi connectivity index (χ2n) is 4.79. The van der Waals surface area contributed by atoms with E-state index in [1.807, 2.05) is 13.0 Å². The van der Waals surface area contributed by atoms with Crippen molar-refractivity contribution in [1.29, 1.82) is 0 Å². The highest BCUT2D eigenvalue weighted by molar-refractivity contribution is 6.31. The standard InChI is InChI=1S/C14H16ClNO3/c1-9-11(15)3-2-4-12(9)16(8-7-13(17)18)14(19)10-5-6-10/h2-4,10H,5-8H2,1H3,(H,17,18). The minimum absolute atomic E-state index is 0.00613. The van der Waals surface area contributed by atoms with E-state index in [9.17, 15) is 9.59 Å². The first kappa shape index (κ1) is 13.9. The molecule has 0 radical (unpaired) electrons. The second-order valence-corrected chi connectivity index (χ2v) is 5.20. The van der Waals surface area contributed by atoms with Crippen LogP contribution >= 0.6 is 11.6 Å². The molecular formula is C14H16ClNO3. The average molecular weight is 282 g/mol. The van der Waals surface area contributed by atoms with Gasteiger partial charge in [-0.2, -0.15) is 0 Å². The largest absolute Gasteiger partial charge is 0.481 e. The van der Waals surface area contributed by atoms with Crippen molar-refractivity contribution in [2.75, 3.05) is 11.4 Å². The molecule has 0 spiro atoms. The number of anilines is 1. The number of amides is 1. The second kappa shape index (κ2) is 5.61. The van der Waals surface area contributed by atoms with Crippen molar-refractivity contribution in [3.8, 4) is 0 Å². The van der Waals surface area contributed by atoms with Crippen LogP contribution in [-0.2, 0) is 9.59 Å². The Kier molecular flexibility index (Phi) is 4.10. The van der Waals surface area contributed by atoms with Gasteiger partial charge in [0.05, 0.1) is 6.42 Å². The van der Waals surface area contributed by atoms with Crippen LogP contribution in [0.5, 0.6) is 0 Å². The van der Waals surface area contributed by atoms with Crippen LogP contribution in [0.2, 0.25) is 5.02 Å². The molecule has 1 N–H and O–H groups in total. The van der Waals surface area contributed by atoms with Gasteiger partial charge in [0.25, 0.3) is 0 Å². The maximum Gasteiger partial charge on any atom is 0.305 e. The Balaban J connectivity index is 2.27. The Bertz CT molecular complexity index is 511. The van der Waals surface area contributed by atoms with Crippen LogP contribution in [-0.4, -0.2) is 23.5 Å². The van der Waals surface area contributed by atoms with E-state index >= 15 is 0 Å². The van der Waals surface area contributed by atoms with E-state index in [0.29, 0.717) is 10.7 Å². The van der Waals surface area contributed by atoms with Gasteiger partial charge in [-0.3, -0.25) is 9.59 Å². The third-order valence-corrected chi connectivity index (χ3v) is 3.68. The Hall–Kier alpha value is -1.55. The smallest absolute Gasteiger partial charge is 0.305 e. The van der Waals surface area contributed by atoms with Crippen molar-refractivity contribution in [3.63, 3.8) is 0 Å². The molecule has 1 aromatic rings. The van der Waals surface area contributed by atoms with Gasteiger partial charge in [-0.05, 0) is 37.5 Å². The number of carbonyl (C=O) groups excluding carboxylic acids is 1. The zero-order valence-electron chi connectivity index (χ0n) is 10.7. The highest BCUT2D eigenvalue weighted by Gasteiger charge is 2.34. The van der Waals surface area contributed by atoms with E-state index in [0.717, 1.165) is 18.4 Å². The molecule has 2 rings (SSSR count). The van der Waals surface area contributed by atoms with E-state index in [-0.39, 0.29) is 24.8 Å². The molecule has 1 aliphatic rings. The number of carbonyl (C=O) groups is 2. The molecular weight excluding hydrogens is 266 g/mol. The van der Waals surface area contributed by atoms with Gasteiger partial charge >= 0.3 is 5.97 Å². The molecule has 1 saturated carbocycles. The van der Waals surface area contributed by atoms with E-state index in [4.69, 9.17) is 16.7 Å². The van der Waals surface area contributed by atoms with Crippen molar-refractivity contribution in [2.24, 2.45) is 5.92 Å². The lowest BCUT2D eigenvalue weighted by atomic mass is 10.1. The summed E-state index contributed by atoms with van der Waals surface area (Å²) >= 11 is 6.07. The molecule has 0 atom stereocenters. The van der Waals surface area contributed by atoms with Crippen LogP contribution in [0.4, 0.5) is 5.69 Å². The van der Waals surface area contributed by atoms with Crippen LogP contribution < -0.4 is 4.90 Å². The summed E-state index contributed by atoms with van der Waals surface area (Å²) < 4.78 is 0. The van der Waals surface area contributed by atoms with Gasteiger partial charge in [-0.1, -0.05) is 17.7 Å². The summed E-state index contributed by atoms with van der Waals surface area (Å²) in [6.07, 6.45) is 1.72. The molecule has 1 aromatic carbocycles. The molecule has 1 amide bonds. The van der Waals surface area contributed by atoms with Crippen molar-refractivity contribution >= 4 is 29.2 Å². The molecule has 1 aliphatic carbocycles. The van der Waals surface area contributed by atoms with E-state index in [1.54, 1.807) is 17.0 Å². The highest BCUT2D eigenvalue weighted by Crippen LogP contribution is 2.35. The number of hydrogen-bond acceptors (Lipinski definition) is 2. The zero-order chi connectivity index (χ0) is 14.0. The minimum Gasteiger partial charge on any atom is -0.481 e. The monoisotopic (exact) mass is 281 g/mol. The first-order valence-electron chi connectivity index (χ1n) is 6.29. The van der Waals surface area contributed by atoms with Crippen molar-refractivity contribution in [1.82, 2.24) is 0 Å². The fourth-order valence-corrected chi connectivity index (χ4v) is 2.17. The van der Waals surface area contributed by atoms with Gasteiger partial charge in [-0.15, -0.1) is 0 Å². The molecule has 0 aromatic heterocycles. The van der Waals surface area contributed by atoms with E-state index < -0.39 is 5.97 Å². The molecule has 0 saturated heterocycles. The summed E-state index contributed by atoms with van der Waals surface area (Å²) in [4.78, 5) is 24.6. The number of nitrogens with zero attached hydrogens (tertiary/aromatic N) is 1. The Morgan fingerprint density at radius 1 is 1.42 bits per heavy atom. The third kappa shape index (κ3) is 3.26. The summed E-state index contributed by atoms with van der Waals surface area (Å²) in [5.41, 5.74) is 1.52. The first-order chi connectivity index (χ1) is 9.00. The van der Waals surface area contributed by atoms with Gasteiger partial charge in [0.2, 0.25) is 5.91 Å². The number of hydrogen-bond donors (Lipinski definition) is 1. The summed E-state index contributed by atoms with van der Waals surface area (Å²) in [7, 11) is 0. The van der Waals surface area contributed by atoms with E-state index in [2.05, 4.69) is 0 Å². The normalized spacial score (nSPS) is 14.2. The Morgan fingerprint density at radius 2 is 2.11 bits per heavy atom. The van der Waals surface area contributed by atoms with Crippen LogP contribution in [0.25, 0.3) is 0 Å². The molecule has 1 fully saturated rings. The molecule has 4 nitrogen and oxygen atoms in total. The van der Waals surface area contributed by atoms with Crippen LogP contribution in [0.1, 0.15) is 24.8 Å². The summed E-state index contributed by atoms with van der Waals surface area (Å²) in [6.45, 7) is 2.03. The lowest BCUT2D eigenvalue weighted by molar-refractivity contribution is -0.136. The predicted octanol–water partition coefficient (Wildman–Crippen LogP) is 2.87. The molecule has 19 heavy (non-hydrogen) atoms. The molecule has 5 heteroatoms. The number of rotatable bonds is 5. The Labute approximate surface area is 117 Å². The number of aliphatic carboxylic acids is 1. The SMILES string of the molecule is Cc1c(Cl)cccc1N(CCC(=O)O)C(=O)C1CC1. The van der Waals surface area contributed by atoms with Gasteiger partial charge in [0, 0.05) is 23.2 Å². The van der Waals surface area contributed by atoms with Crippen LogP contribution in [0.3, 0.4) is 0 Å². The van der Waals surface area contributed by atoms with Crippen molar-refractivity contribution in [2.45, 2.75) is 26.2 Å². The topological polar surface area (TPSA) is 57.6 Å². The van der Waals surface area contributed by atoms with Gasteiger partial charge < -0.3 is 10.0 Å². The van der Waals surface area contributed by atoms with Crippen molar-refractivity contribution in [3.05, 3.63) is 28.8 Å². The first-order valence-corrected chi connectivity index (χ1v) is 6.66. The van der Waals surface area contributed by atoms with Gasteiger partial charge in [0.15, 0.2) is 0 Å². The number of halogens is 1. The minimum atomic E-state index is -0.909. The predicted molar refractivity (Wildman–Crippen MR) is 73.5 cm³/mol. The lowest BCUT2D eigenvalue weighted by Gasteiger charge is -2.24. The van der Waals surface area contributed by atoms with E-state index in [1.165, 1.54) is 0 Å². The highest BCUT2D eigenvalue weighted by atomic mass is 35.5.